The molecular weight excluding hydrogens is 506 g/mol. The van der Waals surface area contributed by atoms with E-state index in [1.807, 2.05) is 75.7 Å². The van der Waals surface area contributed by atoms with Gasteiger partial charge in [0.15, 0.2) is 6.10 Å². The molecule has 0 aliphatic carbocycles. The van der Waals surface area contributed by atoms with Crippen LogP contribution in [0.2, 0.25) is 5.02 Å². The molecule has 4 aromatic rings. The normalized spacial score (nSPS) is 12.9. The third kappa shape index (κ3) is 5.85. The lowest BCUT2D eigenvalue weighted by atomic mass is 9.91. The number of benzene rings is 2. The number of carboxylic acid groups (broad SMARTS) is 1. The summed E-state index contributed by atoms with van der Waals surface area (Å²) in [5.41, 5.74) is 4.89. The second kappa shape index (κ2) is 10.6. The van der Waals surface area contributed by atoms with Gasteiger partial charge in [-0.25, -0.2) is 9.78 Å². The van der Waals surface area contributed by atoms with Crippen molar-refractivity contribution in [1.29, 1.82) is 0 Å². The first-order chi connectivity index (χ1) is 17.5. The van der Waals surface area contributed by atoms with Crippen LogP contribution in [-0.4, -0.2) is 31.4 Å². The highest BCUT2D eigenvalue weighted by Crippen LogP contribution is 2.43. The number of halogens is 1. The van der Waals surface area contributed by atoms with Crippen molar-refractivity contribution in [3.8, 4) is 11.1 Å². The van der Waals surface area contributed by atoms with Crippen molar-refractivity contribution in [3.63, 3.8) is 0 Å². The van der Waals surface area contributed by atoms with Crippen LogP contribution in [0.5, 0.6) is 0 Å². The van der Waals surface area contributed by atoms with E-state index in [0.29, 0.717) is 10.6 Å². The van der Waals surface area contributed by atoms with Crippen LogP contribution < -0.4 is 0 Å². The van der Waals surface area contributed by atoms with Crippen molar-refractivity contribution in [2.24, 2.45) is 0 Å². The van der Waals surface area contributed by atoms with Crippen molar-refractivity contribution in [1.82, 2.24) is 14.8 Å². The summed E-state index contributed by atoms with van der Waals surface area (Å²) < 4.78 is 8.85. The topological polar surface area (TPSA) is 77.2 Å². The molecular formula is C29H30ClN3O3S. The number of rotatable bonds is 8. The summed E-state index contributed by atoms with van der Waals surface area (Å²) in [7, 11) is 0. The number of hydrogen-bond donors (Lipinski definition) is 1. The van der Waals surface area contributed by atoms with Gasteiger partial charge in [-0.2, -0.15) is 5.10 Å². The Labute approximate surface area is 225 Å². The number of hydrogen-bond acceptors (Lipinski definition) is 5. The lowest BCUT2D eigenvalue weighted by Crippen LogP contribution is -2.28. The van der Waals surface area contributed by atoms with Gasteiger partial charge in [-0.3, -0.25) is 4.68 Å². The fourth-order valence-corrected chi connectivity index (χ4v) is 5.38. The van der Waals surface area contributed by atoms with Crippen molar-refractivity contribution < 1.29 is 14.6 Å². The van der Waals surface area contributed by atoms with Gasteiger partial charge >= 0.3 is 5.97 Å². The Morgan fingerprint density at radius 1 is 1.27 bits per heavy atom. The van der Waals surface area contributed by atoms with E-state index < -0.39 is 17.7 Å². The molecule has 1 N–H and O–H groups in total. The molecule has 0 amide bonds. The molecule has 0 saturated carbocycles. The molecule has 8 heteroatoms. The van der Waals surface area contributed by atoms with Gasteiger partial charge in [-0.1, -0.05) is 36.4 Å². The predicted octanol–water partition coefficient (Wildman–Crippen LogP) is 7.81. The minimum absolute atomic E-state index is 0.602. The molecule has 0 fully saturated rings. The minimum Gasteiger partial charge on any atom is -0.479 e. The number of thiazole rings is 1. The first-order valence-corrected chi connectivity index (χ1v) is 13.2. The maximum absolute atomic E-state index is 12.5. The summed E-state index contributed by atoms with van der Waals surface area (Å²) >= 11 is 7.66. The van der Waals surface area contributed by atoms with Crippen LogP contribution in [0, 0.1) is 6.92 Å². The summed E-state index contributed by atoms with van der Waals surface area (Å²) in [6.45, 7) is 14.5. The number of ether oxygens (including phenoxy) is 1. The van der Waals surface area contributed by atoms with E-state index in [4.69, 9.17) is 21.3 Å². The summed E-state index contributed by atoms with van der Waals surface area (Å²) in [5.74, 6) is -1.04. The number of nitrogens with zero attached hydrogens (tertiary/aromatic N) is 3. The first kappa shape index (κ1) is 26.8. The van der Waals surface area contributed by atoms with E-state index >= 15 is 0 Å². The molecule has 192 valence electrons. The zero-order valence-electron chi connectivity index (χ0n) is 21.6. The average Bonchev–Trinajstić information content (AvgIpc) is 3.47. The van der Waals surface area contributed by atoms with E-state index in [0.717, 1.165) is 49.7 Å². The third-order valence-electron chi connectivity index (χ3n) is 5.80. The van der Waals surface area contributed by atoms with Gasteiger partial charge in [0.1, 0.15) is 5.01 Å². The number of aliphatic carboxylic acids is 1. The fraction of sp³-hybridized carbons (Fsp3) is 0.276. The van der Waals surface area contributed by atoms with Gasteiger partial charge in [0.25, 0.3) is 0 Å². The van der Waals surface area contributed by atoms with E-state index in [1.165, 1.54) is 11.3 Å². The van der Waals surface area contributed by atoms with Crippen LogP contribution in [0.4, 0.5) is 0 Å². The predicted molar refractivity (Wildman–Crippen MR) is 152 cm³/mol. The number of allylic oxidation sites excluding steroid dienone is 2. The number of aryl methyl sites for hydroxylation is 2. The summed E-state index contributed by atoms with van der Waals surface area (Å²) in [5, 5.41) is 15.9. The maximum atomic E-state index is 12.5. The minimum atomic E-state index is -1.15. The van der Waals surface area contributed by atoms with Gasteiger partial charge in [-0.05, 0) is 76.1 Å². The maximum Gasteiger partial charge on any atom is 0.337 e. The zero-order chi connectivity index (χ0) is 26.9. The lowest BCUT2D eigenvalue weighted by Gasteiger charge is -2.28. The molecule has 0 aliphatic heterocycles. The number of fused-ring (bicyclic) bond motifs is 1. The Hall–Kier alpha value is -3.26. The Morgan fingerprint density at radius 2 is 1.97 bits per heavy atom. The Bertz CT molecular complexity index is 1490. The first-order valence-electron chi connectivity index (χ1n) is 12.0. The van der Waals surface area contributed by atoms with E-state index in [9.17, 15) is 9.90 Å². The van der Waals surface area contributed by atoms with Crippen LogP contribution >= 0.6 is 22.9 Å². The molecule has 6 nitrogen and oxygen atoms in total. The number of carbonyl (C=O) groups is 1. The van der Waals surface area contributed by atoms with Crippen molar-refractivity contribution in [3.05, 3.63) is 82.1 Å². The molecule has 0 aliphatic rings. The highest BCUT2D eigenvalue weighted by Gasteiger charge is 2.32. The van der Waals surface area contributed by atoms with E-state index in [-0.39, 0.29) is 0 Å². The molecule has 0 saturated heterocycles. The second-order valence-corrected chi connectivity index (χ2v) is 11.2. The Morgan fingerprint density at radius 3 is 2.59 bits per heavy atom. The Balaban J connectivity index is 1.89. The summed E-state index contributed by atoms with van der Waals surface area (Å²) in [4.78, 5) is 17.3. The monoisotopic (exact) mass is 535 g/mol. The molecule has 1 unspecified atom stereocenters. The average molecular weight is 536 g/mol. The highest BCUT2D eigenvalue weighted by molar-refractivity contribution is 7.20. The van der Waals surface area contributed by atoms with E-state index in [2.05, 4.69) is 11.7 Å². The number of carboxylic acids is 1. The molecule has 2 aromatic heterocycles. The molecule has 0 radical (unpaired) electrons. The Kier molecular flexibility index (Phi) is 7.69. The molecule has 37 heavy (non-hydrogen) atoms. The summed E-state index contributed by atoms with van der Waals surface area (Å²) in [6, 6.07) is 11.3. The van der Waals surface area contributed by atoms with Crippen LogP contribution in [0.15, 0.2) is 55.3 Å². The molecule has 0 spiro atoms. The quantitative estimate of drug-likeness (QED) is 0.233. The van der Waals surface area contributed by atoms with Gasteiger partial charge in [-0.15, -0.1) is 11.3 Å². The molecule has 0 bridgehead atoms. The number of aromatic nitrogens is 3. The second-order valence-electron chi connectivity index (χ2n) is 9.74. The third-order valence-corrected chi connectivity index (χ3v) is 7.21. The summed E-state index contributed by atoms with van der Waals surface area (Å²) in [6.07, 6.45) is 4.52. The van der Waals surface area contributed by atoms with E-state index in [1.54, 1.807) is 18.3 Å². The molecule has 4 rings (SSSR count). The smallest absolute Gasteiger partial charge is 0.337 e. The van der Waals surface area contributed by atoms with Crippen molar-refractivity contribution >= 4 is 50.8 Å². The van der Waals surface area contributed by atoms with Gasteiger partial charge < -0.3 is 9.84 Å². The fourth-order valence-electron chi connectivity index (χ4n) is 4.18. The molecule has 2 aromatic carbocycles. The SMILES string of the molecule is C=C(C=Cc1ccnn1CC)c1nc2cc(C)c(C(OC(C)(C)C)C(=O)O)c(-c3ccc(Cl)cc3)c2s1. The van der Waals surface area contributed by atoms with Gasteiger partial charge in [0, 0.05) is 34.5 Å². The highest BCUT2D eigenvalue weighted by atomic mass is 35.5. The van der Waals surface area contributed by atoms with Crippen LogP contribution in [0.25, 0.3) is 33.0 Å². The molecule has 2 heterocycles. The largest absolute Gasteiger partial charge is 0.479 e. The molecule has 1 atom stereocenters. The van der Waals surface area contributed by atoms with Crippen LogP contribution in [0.1, 0.15) is 55.6 Å². The van der Waals surface area contributed by atoms with Crippen molar-refractivity contribution in [2.45, 2.75) is 52.9 Å². The van der Waals surface area contributed by atoms with Crippen LogP contribution in [-0.2, 0) is 16.1 Å². The van der Waals surface area contributed by atoms with Crippen molar-refractivity contribution in [2.75, 3.05) is 0 Å². The lowest BCUT2D eigenvalue weighted by molar-refractivity contribution is -0.160. The standard InChI is InChI=1S/C29H30ClN3O3S/c1-7-33-21(14-15-31-33)13-8-17(2)27-32-22-16-18(3)23(25(28(34)35)36-29(4,5)6)24(26(22)37-27)19-9-11-20(30)12-10-19/h8-16,25H,2,7H2,1,3-6H3,(H,34,35). The van der Waals surface area contributed by atoms with Crippen LogP contribution in [0.3, 0.4) is 0 Å². The van der Waals surface area contributed by atoms with Gasteiger partial charge in [0.2, 0.25) is 0 Å². The van der Waals surface area contributed by atoms with Gasteiger partial charge in [0.05, 0.1) is 21.5 Å². The zero-order valence-corrected chi connectivity index (χ0v) is 23.2.